The molecule has 1 aliphatic heterocycles. The number of ether oxygens (including phenoxy) is 1. The summed E-state index contributed by atoms with van der Waals surface area (Å²) >= 11 is 12.2. The summed E-state index contributed by atoms with van der Waals surface area (Å²) in [7, 11) is -2.28. The summed E-state index contributed by atoms with van der Waals surface area (Å²) in [4.78, 5) is 19.6. The highest BCUT2D eigenvalue weighted by Crippen LogP contribution is 2.37. The SMILES string of the molecule is COc1cc(Cl)cc(NS(=O)(=O)N2Cc3[nH]c4ccc(Cl)cc4c3C(C)C2)c1.O=C=O. The molecular formula is C20H19Cl2N3O5S. The summed E-state index contributed by atoms with van der Waals surface area (Å²) in [5.74, 6) is 0.494. The number of H-pyrrole nitrogens is 1. The lowest BCUT2D eigenvalue weighted by molar-refractivity contribution is -0.191. The van der Waals surface area contributed by atoms with Crippen LogP contribution in [0.3, 0.4) is 0 Å². The molecule has 1 unspecified atom stereocenters. The van der Waals surface area contributed by atoms with Crippen molar-refractivity contribution in [1.82, 2.24) is 9.29 Å². The summed E-state index contributed by atoms with van der Waals surface area (Å²) in [5.41, 5.74) is 3.30. The molecule has 164 valence electrons. The van der Waals surface area contributed by atoms with Crippen molar-refractivity contribution in [2.45, 2.75) is 19.4 Å². The van der Waals surface area contributed by atoms with Crippen LogP contribution in [0.4, 0.5) is 5.69 Å². The van der Waals surface area contributed by atoms with Gasteiger partial charge in [0, 0.05) is 39.3 Å². The minimum absolute atomic E-state index is 0.0152. The zero-order valence-electron chi connectivity index (χ0n) is 16.6. The molecule has 0 saturated carbocycles. The lowest BCUT2D eigenvalue weighted by Crippen LogP contribution is -2.40. The van der Waals surface area contributed by atoms with E-state index in [9.17, 15) is 8.42 Å². The summed E-state index contributed by atoms with van der Waals surface area (Å²) in [6, 6.07) is 10.4. The Bertz CT molecular complexity index is 1250. The molecule has 2 N–H and O–H groups in total. The average Bonchev–Trinajstić information content (AvgIpc) is 3.06. The van der Waals surface area contributed by atoms with Crippen molar-refractivity contribution in [3.05, 3.63) is 57.7 Å². The highest BCUT2D eigenvalue weighted by atomic mass is 35.5. The lowest BCUT2D eigenvalue weighted by Gasteiger charge is -2.30. The van der Waals surface area contributed by atoms with E-state index in [2.05, 4.69) is 9.71 Å². The van der Waals surface area contributed by atoms with E-state index in [1.165, 1.54) is 11.4 Å². The van der Waals surface area contributed by atoms with Gasteiger partial charge in [-0.25, -0.2) is 0 Å². The fourth-order valence-electron chi connectivity index (χ4n) is 3.70. The van der Waals surface area contributed by atoms with Gasteiger partial charge in [0.1, 0.15) is 5.75 Å². The van der Waals surface area contributed by atoms with E-state index in [0.29, 0.717) is 28.0 Å². The molecule has 0 radical (unpaired) electrons. The highest BCUT2D eigenvalue weighted by Gasteiger charge is 2.33. The molecule has 0 aliphatic carbocycles. The number of aromatic amines is 1. The van der Waals surface area contributed by atoms with Crippen LogP contribution in [0.15, 0.2) is 36.4 Å². The van der Waals surface area contributed by atoms with E-state index < -0.39 is 10.2 Å². The van der Waals surface area contributed by atoms with Crippen LogP contribution in [0.25, 0.3) is 10.9 Å². The predicted octanol–water partition coefficient (Wildman–Crippen LogP) is 4.18. The van der Waals surface area contributed by atoms with E-state index in [1.54, 1.807) is 18.2 Å². The second-order valence-electron chi connectivity index (χ2n) is 6.97. The first-order chi connectivity index (χ1) is 14.7. The molecule has 0 saturated heterocycles. The topological polar surface area (TPSA) is 109 Å². The molecule has 4 rings (SSSR count). The van der Waals surface area contributed by atoms with Crippen LogP contribution in [0, 0.1) is 0 Å². The number of anilines is 1. The number of nitrogens with one attached hydrogen (secondary N) is 2. The smallest absolute Gasteiger partial charge is 0.373 e. The summed E-state index contributed by atoms with van der Waals surface area (Å²) in [6.07, 6.45) is 0.250. The molecular weight excluding hydrogens is 465 g/mol. The number of aromatic nitrogens is 1. The van der Waals surface area contributed by atoms with Crippen molar-refractivity contribution >= 4 is 56.2 Å². The van der Waals surface area contributed by atoms with Gasteiger partial charge < -0.3 is 9.72 Å². The van der Waals surface area contributed by atoms with Crippen LogP contribution in [0.2, 0.25) is 10.0 Å². The van der Waals surface area contributed by atoms with Crippen molar-refractivity contribution in [3.63, 3.8) is 0 Å². The van der Waals surface area contributed by atoms with Gasteiger partial charge in [0.05, 0.1) is 19.3 Å². The Morgan fingerprint density at radius 1 is 1.16 bits per heavy atom. The fraction of sp³-hybridized carbons (Fsp3) is 0.250. The molecule has 2 heterocycles. The number of halogens is 2. The molecule has 0 bridgehead atoms. The first-order valence-electron chi connectivity index (χ1n) is 9.10. The molecule has 1 atom stereocenters. The van der Waals surface area contributed by atoms with Crippen LogP contribution in [-0.2, 0) is 26.3 Å². The molecule has 3 aromatic rings. The van der Waals surface area contributed by atoms with E-state index in [1.807, 2.05) is 25.1 Å². The Kier molecular flexibility index (Phi) is 6.93. The van der Waals surface area contributed by atoms with Gasteiger partial charge in [-0.15, -0.1) is 0 Å². The maximum absolute atomic E-state index is 13.0. The molecule has 0 fully saturated rings. The molecule has 0 amide bonds. The second kappa shape index (κ2) is 9.30. The van der Waals surface area contributed by atoms with Gasteiger partial charge >= 0.3 is 16.4 Å². The van der Waals surface area contributed by atoms with Gasteiger partial charge in [-0.1, -0.05) is 30.1 Å². The summed E-state index contributed by atoms with van der Waals surface area (Å²) in [5, 5.41) is 2.09. The minimum Gasteiger partial charge on any atom is -0.497 e. The first kappa shape index (κ1) is 23.1. The van der Waals surface area contributed by atoms with Crippen molar-refractivity contribution in [2.75, 3.05) is 18.4 Å². The Hall–Kier alpha value is -2.55. The quantitative estimate of drug-likeness (QED) is 0.578. The van der Waals surface area contributed by atoms with Crippen LogP contribution < -0.4 is 9.46 Å². The first-order valence-corrected chi connectivity index (χ1v) is 11.3. The van der Waals surface area contributed by atoms with E-state index in [-0.39, 0.29) is 18.6 Å². The number of rotatable bonds is 4. The standard InChI is InChI=1S/C19H19Cl2N3O3S.CO2/c1-11-9-24(10-18-19(11)16-7-12(20)3-4-17(16)22-18)28(25,26)23-14-5-13(21)6-15(8-14)27-2;2-1-3/h3-8,11,22-23H,9-10H2,1-2H3;. The third kappa shape index (κ3) is 5.03. The van der Waals surface area contributed by atoms with Crippen molar-refractivity contribution in [2.24, 2.45) is 0 Å². The third-order valence-corrected chi connectivity index (χ3v) is 6.79. The monoisotopic (exact) mass is 483 g/mol. The van der Waals surface area contributed by atoms with Gasteiger partial charge in [0.25, 0.3) is 0 Å². The van der Waals surface area contributed by atoms with Crippen LogP contribution in [0.5, 0.6) is 5.75 Å². The maximum atomic E-state index is 13.0. The van der Waals surface area contributed by atoms with Gasteiger partial charge in [-0.3, -0.25) is 4.72 Å². The van der Waals surface area contributed by atoms with Crippen LogP contribution in [0.1, 0.15) is 24.1 Å². The van der Waals surface area contributed by atoms with Gasteiger partial charge in [-0.2, -0.15) is 22.3 Å². The Morgan fingerprint density at radius 2 is 1.87 bits per heavy atom. The Labute approximate surface area is 189 Å². The fourth-order valence-corrected chi connectivity index (χ4v) is 5.36. The van der Waals surface area contributed by atoms with Gasteiger partial charge in [-0.05, 0) is 41.8 Å². The number of methoxy groups -OCH3 is 1. The molecule has 11 heteroatoms. The molecule has 1 aliphatic rings. The predicted molar refractivity (Wildman–Crippen MR) is 118 cm³/mol. The van der Waals surface area contributed by atoms with Crippen molar-refractivity contribution in [1.29, 1.82) is 0 Å². The number of fused-ring (bicyclic) bond motifs is 3. The molecule has 31 heavy (non-hydrogen) atoms. The zero-order valence-corrected chi connectivity index (χ0v) is 18.9. The number of nitrogens with zero attached hydrogens (tertiary/aromatic N) is 1. The summed E-state index contributed by atoms with van der Waals surface area (Å²) in [6.45, 7) is 2.62. The number of hydrogen-bond donors (Lipinski definition) is 2. The molecule has 0 spiro atoms. The number of benzene rings is 2. The minimum atomic E-state index is -3.78. The van der Waals surface area contributed by atoms with Crippen molar-refractivity contribution < 1.29 is 22.7 Å². The van der Waals surface area contributed by atoms with E-state index >= 15 is 0 Å². The number of carbonyl (C=O) groups excluding carboxylic acids is 2. The molecule has 8 nitrogen and oxygen atoms in total. The van der Waals surface area contributed by atoms with Gasteiger partial charge in [0.15, 0.2) is 0 Å². The maximum Gasteiger partial charge on any atom is 0.373 e. The van der Waals surface area contributed by atoms with Crippen LogP contribution in [-0.4, -0.2) is 37.5 Å². The Balaban J connectivity index is 0.000000858. The molecule has 1 aromatic heterocycles. The number of hydrogen-bond acceptors (Lipinski definition) is 5. The Morgan fingerprint density at radius 3 is 2.55 bits per heavy atom. The zero-order chi connectivity index (χ0) is 22.8. The van der Waals surface area contributed by atoms with Crippen molar-refractivity contribution in [3.8, 4) is 5.75 Å². The molecule has 2 aromatic carbocycles. The van der Waals surface area contributed by atoms with E-state index in [4.69, 9.17) is 37.5 Å². The lowest BCUT2D eigenvalue weighted by atomic mass is 9.95. The normalized spacial score (nSPS) is 16.1. The second-order valence-corrected chi connectivity index (χ2v) is 9.51. The van der Waals surface area contributed by atoms with Gasteiger partial charge in [0.2, 0.25) is 0 Å². The third-order valence-electron chi connectivity index (χ3n) is 4.88. The van der Waals surface area contributed by atoms with E-state index in [0.717, 1.165) is 22.2 Å². The van der Waals surface area contributed by atoms with Crippen LogP contribution >= 0.6 is 23.2 Å². The average molecular weight is 484 g/mol. The largest absolute Gasteiger partial charge is 0.497 e. The summed E-state index contributed by atoms with van der Waals surface area (Å²) < 4.78 is 35.1. The highest BCUT2D eigenvalue weighted by molar-refractivity contribution is 7.90.